The molecule has 6 aliphatic heterocycles. The second-order valence-electron chi connectivity index (χ2n) is 36.9. The van der Waals surface area contributed by atoms with Crippen LogP contribution in [0.25, 0.3) is 31.7 Å². The summed E-state index contributed by atoms with van der Waals surface area (Å²) in [5, 5.41) is 17.9. The number of thioether (sulfide) groups is 2. The van der Waals surface area contributed by atoms with Crippen molar-refractivity contribution in [2.75, 3.05) is 109 Å². The molecule has 748 valence electrons. The molecule has 0 bridgehead atoms. The number of anilines is 1. The number of halogens is 2. The Morgan fingerprint density at radius 2 is 0.949 bits per heavy atom. The molecule has 15 rings (SSSR count). The van der Waals surface area contributed by atoms with Crippen LogP contribution in [0, 0.1) is 0 Å². The number of rotatable bonds is 29. The molecule has 8 aromatic heterocycles. The van der Waals surface area contributed by atoms with E-state index >= 15 is 0 Å². The first-order valence-corrected chi connectivity index (χ1v) is 62.8. The topological polar surface area (TPSA) is 403 Å². The number of esters is 3. The molecule has 9 aromatic rings. The Balaban J connectivity index is 0.000000178. The molecule has 0 saturated carbocycles. The van der Waals surface area contributed by atoms with Crippen LogP contribution in [0.2, 0.25) is 18.3 Å². The minimum Gasteiger partial charge on any atom is -0.459 e. The van der Waals surface area contributed by atoms with Gasteiger partial charge in [0.1, 0.15) is 36.4 Å². The normalized spacial score (nSPS) is 15.4. The van der Waals surface area contributed by atoms with Gasteiger partial charge in [-0.3, -0.25) is 38.4 Å². The number of aliphatic hydroxyl groups is 1. The van der Waals surface area contributed by atoms with Crippen molar-refractivity contribution >= 4 is 182 Å². The van der Waals surface area contributed by atoms with E-state index in [9.17, 15) is 51.9 Å². The number of sulfone groups is 1. The standard InChI is InChI=1S/C26H28ClN5O4S.C18H21N3O5S2.C18H21N3O3S2.C13H16BrNO3S.C5H5N2S.C5H11NO.3C4H9.Sn/c27-17-3-1-2-16(12-17)21(15-33)30-24(34)14-32-9-5-22-19(25(32)35)13-23(37-22)20-4-8-28-26(31-20)29-18-6-10-36-11-7-18;1-18(2,3)26-15(22)10-21-8-6-13-11(16(21)23)9-14(27-13)12-5-7-19-17(20-12)28(4,24)25;1-18(2,3)24-15(22)10-21-8-6-13-11(16(21)23)9-14(26-13)12-5-7-19-17(20-12)25-4;1-13(2,3)18-11(16)7-15-5-4-9-8(12(15)17)6-10(14)19-9;1-8-5-6-3-2-4-7-5;6-5-1-3-7-4-2-5;3*1-3-4-2;/h1-4,8,12-13,18,21,33H,5-7,9-11,14-15H2,(H,30,34)(H,28,29,31);5,7,9H,6,8,10H2,1-4H3;5,7,9H,6,8,10H2,1-4H3;6H,4-5,7H2,1-3H3;2-3H,1H3;5H,1-4,6H2;3*1,3-4H2,2H3;/t21-;;;;;;;;;/m1........./s1. The van der Waals surface area contributed by atoms with Gasteiger partial charge in [0, 0.05) is 140 Å². The van der Waals surface area contributed by atoms with E-state index in [1.807, 2.05) is 84.3 Å². The van der Waals surface area contributed by atoms with E-state index in [4.69, 9.17) is 46.0 Å². The first-order valence-electron chi connectivity index (χ1n) is 46.5. The van der Waals surface area contributed by atoms with E-state index in [0.717, 1.165) is 121 Å². The SMILES string of the molecule is CC(C)(C)OC(=O)CN1CCc2sc(-c3ccnc(S(C)(=O)=O)n3)cc2C1=O.CC(C)(C)OC(=O)CN1CCc2sc(Br)cc2C1=O.CCC[CH2][Sn]([CH2]CCC)([CH2]CCC)[c]1ccnc(SC)n1.CSc1nccc(-c2cc3c(s2)CCN(CC(=O)OC(C)(C)C)C3=O)n1.NC1CCOCC1.O=C(CN1CCc2sc(-c3ccnc(NC4CCOCC4)n3)cc2C1=O)N[C@H](CO)c1cccc(Cl)c1. The van der Waals surface area contributed by atoms with E-state index in [1.54, 1.807) is 130 Å². The first-order chi connectivity index (χ1) is 65.6. The van der Waals surface area contributed by atoms with Crippen LogP contribution in [0.4, 0.5) is 5.95 Å². The Morgan fingerprint density at radius 3 is 1.36 bits per heavy atom. The summed E-state index contributed by atoms with van der Waals surface area (Å²) in [4.78, 5) is 147. The van der Waals surface area contributed by atoms with Gasteiger partial charge in [-0.05, 0) is 170 Å². The first kappa shape index (κ1) is 112. The van der Waals surface area contributed by atoms with Gasteiger partial charge in [0.2, 0.25) is 26.8 Å². The fourth-order valence-corrected chi connectivity index (χ4v) is 37.7. The average molecular weight is 2220 g/mol. The van der Waals surface area contributed by atoms with Gasteiger partial charge in [-0.1, -0.05) is 35.5 Å². The number of ether oxygens (including phenoxy) is 5. The molecule has 2 saturated heterocycles. The number of aromatic nitrogens is 8. The van der Waals surface area contributed by atoms with Gasteiger partial charge in [0.25, 0.3) is 23.6 Å². The summed E-state index contributed by atoms with van der Waals surface area (Å²) in [6.45, 7) is 27.9. The molecular formula is C97H129BrClN15O16S7Sn. The van der Waals surface area contributed by atoms with Gasteiger partial charge in [-0.15, -0.1) is 45.3 Å². The summed E-state index contributed by atoms with van der Waals surface area (Å²) < 4.78 is 56.6. The van der Waals surface area contributed by atoms with Crippen LogP contribution in [0.1, 0.15) is 220 Å². The van der Waals surface area contributed by atoms with Crippen LogP contribution in [0.3, 0.4) is 0 Å². The summed E-state index contributed by atoms with van der Waals surface area (Å²) in [7, 11) is -3.53. The number of aliphatic hydroxyl groups excluding tert-OH is 1. The molecule has 0 radical (unpaired) electrons. The number of unbranched alkanes of at least 4 members (excludes halogenated alkanes) is 3. The Hall–Kier alpha value is -8.04. The Labute approximate surface area is 852 Å². The van der Waals surface area contributed by atoms with Crippen molar-refractivity contribution in [2.45, 2.75) is 237 Å². The van der Waals surface area contributed by atoms with E-state index in [2.05, 4.69) is 94.5 Å². The largest absolute Gasteiger partial charge is 0.459 e. The molecule has 0 unspecified atom stereocenters. The Kier molecular flexibility index (Phi) is 42.8. The second-order valence-corrected chi connectivity index (χ2v) is 59.8. The molecule has 1 atom stereocenters. The summed E-state index contributed by atoms with van der Waals surface area (Å²) in [5.41, 5.74) is 9.06. The van der Waals surface area contributed by atoms with E-state index in [0.29, 0.717) is 99.6 Å². The Morgan fingerprint density at radius 1 is 0.551 bits per heavy atom. The molecule has 31 nitrogen and oxygen atoms in total. The molecule has 0 aliphatic carbocycles. The molecule has 5 N–H and O–H groups in total. The summed E-state index contributed by atoms with van der Waals surface area (Å²) in [6, 6.07) is 21.9. The van der Waals surface area contributed by atoms with Crippen molar-refractivity contribution in [1.29, 1.82) is 0 Å². The van der Waals surface area contributed by atoms with Crippen molar-refractivity contribution < 1.29 is 75.6 Å². The third-order valence-electron chi connectivity index (χ3n) is 22.4. The zero-order chi connectivity index (χ0) is 100. The summed E-state index contributed by atoms with van der Waals surface area (Å²) in [6.07, 6.45) is 26.7. The molecule has 5 amide bonds. The van der Waals surface area contributed by atoms with E-state index in [-0.39, 0.29) is 85.5 Å². The molecule has 138 heavy (non-hydrogen) atoms. The molecule has 2 fully saturated rings. The minimum atomic E-state index is -3.53. The zero-order valence-corrected chi connectivity index (χ0v) is 92.2. The predicted octanol–water partition coefficient (Wildman–Crippen LogP) is 16.7. The van der Waals surface area contributed by atoms with Crippen molar-refractivity contribution in [2.24, 2.45) is 5.73 Å². The number of carbonyl (C=O) groups excluding carboxylic acids is 8. The number of amides is 5. The van der Waals surface area contributed by atoms with Crippen molar-refractivity contribution in [1.82, 2.24) is 64.8 Å². The van der Waals surface area contributed by atoms with Gasteiger partial charge >= 0.3 is 158 Å². The molecule has 6 aliphatic rings. The van der Waals surface area contributed by atoms with Crippen LogP contribution in [0.15, 0.2) is 117 Å². The van der Waals surface area contributed by atoms with Crippen LogP contribution in [-0.2, 0) is 78.4 Å². The smallest absolute Gasteiger partial charge is 0.326 e. The fraction of sp³-hybridized carbons (Fsp3) is 0.526. The number of nitrogens with two attached hydrogens (primary N) is 1. The third kappa shape index (κ3) is 34.1. The number of carbonyl (C=O) groups is 8. The summed E-state index contributed by atoms with van der Waals surface area (Å²) >= 11 is 16.4. The number of fused-ring (bicyclic) bond motifs is 4. The van der Waals surface area contributed by atoms with Crippen LogP contribution < -0.4 is 20.1 Å². The maximum Gasteiger partial charge on any atom is 0.326 e. The van der Waals surface area contributed by atoms with Gasteiger partial charge in [0.05, 0.1) is 76.9 Å². The van der Waals surface area contributed by atoms with Crippen LogP contribution >= 0.6 is 96.4 Å². The maximum atomic E-state index is 13.2. The number of hydrogen-bond acceptors (Lipinski definition) is 32. The number of benzene rings is 1. The number of nitrogens with one attached hydrogen (secondary N) is 2. The molecule has 41 heteroatoms. The van der Waals surface area contributed by atoms with Crippen molar-refractivity contribution in [3.05, 3.63) is 154 Å². The van der Waals surface area contributed by atoms with Gasteiger partial charge in [0.15, 0.2) is 5.16 Å². The maximum absolute atomic E-state index is 13.2. The number of nitrogens with zero attached hydrogens (tertiary/aromatic N) is 12. The van der Waals surface area contributed by atoms with Gasteiger partial charge < -0.3 is 64.8 Å². The summed E-state index contributed by atoms with van der Waals surface area (Å²) in [5.74, 6) is -1.61. The van der Waals surface area contributed by atoms with Crippen molar-refractivity contribution in [3.63, 3.8) is 0 Å². The predicted molar refractivity (Wildman–Crippen MR) is 552 cm³/mol. The van der Waals surface area contributed by atoms with Crippen LogP contribution in [-0.4, -0.2) is 272 Å². The van der Waals surface area contributed by atoms with E-state index < -0.39 is 57.0 Å². The van der Waals surface area contributed by atoms with Gasteiger partial charge in [-0.25, -0.2) is 38.3 Å². The second kappa shape index (κ2) is 52.8. The molecule has 14 heterocycles. The molecule has 0 spiro atoms. The van der Waals surface area contributed by atoms with Gasteiger partial charge in [-0.2, -0.15) is 0 Å². The fourth-order valence-electron chi connectivity index (χ4n) is 15.7. The third-order valence-corrected chi connectivity index (χ3v) is 45.1. The number of thiophene rings is 4. The number of hydrogen-bond donors (Lipinski definition) is 4. The Bertz CT molecular complexity index is 5730. The monoisotopic (exact) mass is 2220 g/mol. The van der Waals surface area contributed by atoms with Crippen molar-refractivity contribution in [3.8, 4) is 31.7 Å². The van der Waals surface area contributed by atoms with E-state index in [1.165, 1.54) is 89.7 Å². The minimum absolute atomic E-state index is 0.0169. The molecule has 1 aromatic carbocycles. The quantitative estimate of drug-likeness (QED) is 0.0111. The van der Waals surface area contributed by atoms with Crippen LogP contribution in [0.5, 0.6) is 0 Å². The molecular weight excluding hydrogens is 2090 g/mol. The average Bonchev–Trinajstić information content (AvgIpc) is 1.64. The zero-order valence-electron chi connectivity index (χ0n) is 81.3.